The maximum absolute atomic E-state index is 3.61. The van der Waals surface area contributed by atoms with Gasteiger partial charge in [0.2, 0.25) is 0 Å². The number of anilines is 2. The summed E-state index contributed by atoms with van der Waals surface area (Å²) < 4.78 is 2.17. The Morgan fingerprint density at radius 1 is 0.775 bits per heavy atom. The smallest absolute Gasteiger partial charge is 0.169 e. The van der Waals surface area contributed by atoms with Gasteiger partial charge in [0.25, 0.3) is 0 Å². The van der Waals surface area contributed by atoms with E-state index in [1.165, 1.54) is 33.6 Å². The summed E-state index contributed by atoms with van der Waals surface area (Å²) in [7, 11) is 3.84. The Morgan fingerprint density at radius 2 is 1.38 bits per heavy atom. The van der Waals surface area contributed by atoms with Crippen LogP contribution in [0, 0.1) is 0 Å². The van der Waals surface area contributed by atoms with Gasteiger partial charge in [0.1, 0.15) is 6.54 Å². The lowest BCUT2D eigenvalue weighted by molar-refractivity contribution is -0.693. The standard InChI is InChI=1S/C34H42N4S2/c1-4-29(19-22-35-5-2)15-17-31-11-7-9-13-33(31)36-23-27-39-40-28-24-37-34-14-10-8-12-32(34)18-16-30-20-25-38(6-3)26-21-30/h4,7-22,25-26,35-36H,5-6,23-24,27-28H2,1-3H3/p+2/b17-15+,22-19-,29-4-. The van der Waals surface area contributed by atoms with Crippen molar-refractivity contribution in [2.75, 3.05) is 41.8 Å². The number of hydrogen-bond acceptors (Lipinski definition) is 4. The molecule has 0 saturated heterocycles. The Bertz CT molecular complexity index is 1260. The van der Waals surface area contributed by atoms with E-state index in [0.29, 0.717) is 0 Å². The van der Waals surface area contributed by atoms with E-state index in [1.807, 2.05) is 21.6 Å². The summed E-state index contributed by atoms with van der Waals surface area (Å²) in [6.45, 7) is 10.3. The fourth-order valence-electron chi connectivity index (χ4n) is 3.91. The van der Waals surface area contributed by atoms with Gasteiger partial charge in [0.15, 0.2) is 12.4 Å². The molecule has 0 aliphatic rings. The molecule has 1 heterocycles. The van der Waals surface area contributed by atoms with Crippen LogP contribution in [0.1, 0.15) is 37.5 Å². The van der Waals surface area contributed by atoms with Gasteiger partial charge in [-0.15, -0.1) is 0 Å². The minimum atomic E-state index is 0.934. The topological polar surface area (TPSA) is 44.6 Å². The number of benzene rings is 2. The highest BCUT2D eigenvalue weighted by Gasteiger charge is 2.01. The van der Waals surface area contributed by atoms with Gasteiger partial charge in [-0.3, -0.25) is 0 Å². The quantitative estimate of drug-likeness (QED) is 0.0697. The normalized spacial score (nSPS) is 12.1. The van der Waals surface area contributed by atoms with Gasteiger partial charge in [0, 0.05) is 48.1 Å². The van der Waals surface area contributed by atoms with Crippen molar-refractivity contribution in [1.29, 1.82) is 0 Å². The number of hydrogen-bond donors (Lipinski definition) is 3. The van der Waals surface area contributed by atoms with Gasteiger partial charge in [-0.05, 0) is 61.2 Å². The molecular formula is C34H44N4S2+2. The molecule has 1 aromatic heterocycles. The molecule has 2 aromatic carbocycles. The number of nitrogens with one attached hydrogen (secondary N) is 2. The van der Waals surface area contributed by atoms with Crippen LogP contribution in [0.4, 0.5) is 11.4 Å². The highest BCUT2D eigenvalue weighted by Crippen LogP contribution is 2.23. The average molecular weight is 573 g/mol. The highest BCUT2D eigenvalue weighted by molar-refractivity contribution is 8.76. The molecule has 0 bridgehead atoms. The van der Waals surface area contributed by atoms with Crippen LogP contribution in [-0.4, -0.2) is 31.1 Å². The molecule has 0 spiro atoms. The van der Waals surface area contributed by atoms with Crippen molar-refractivity contribution < 1.29 is 9.88 Å². The number of nitrogens with zero attached hydrogens (tertiary/aromatic N) is 1. The molecule has 4 N–H and O–H groups in total. The fraction of sp³-hybridized carbons (Fsp3) is 0.265. The molecule has 3 aromatic rings. The van der Waals surface area contributed by atoms with E-state index in [-0.39, 0.29) is 0 Å². The molecule has 0 amide bonds. The molecule has 4 nitrogen and oxygen atoms in total. The third kappa shape index (κ3) is 11.5. The second kappa shape index (κ2) is 19.0. The summed E-state index contributed by atoms with van der Waals surface area (Å²) in [4.78, 5) is 0. The van der Waals surface area contributed by atoms with Gasteiger partial charge in [-0.1, -0.05) is 88.4 Å². The molecule has 40 heavy (non-hydrogen) atoms. The summed E-state index contributed by atoms with van der Waals surface area (Å²) in [5.74, 6) is 2.10. The summed E-state index contributed by atoms with van der Waals surface area (Å²) in [5.41, 5.74) is 7.19. The van der Waals surface area contributed by atoms with Crippen LogP contribution in [0.15, 0.2) is 103 Å². The zero-order chi connectivity index (χ0) is 28.3. The zero-order valence-corrected chi connectivity index (χ0v) is 25.7. The van der Waals surface area contributed by atoms with Gasteiger partial charge < -0.3 is 16.0 Å². The van der Waals surface area contributed by atoms with E-state index in [9.17, 15) is 0 Å². The van der Waals surface area contributed by atoms with Crippen molar-refractivity contribution in [1.82, 2.24) is 0 Å². The van der Waals surface area contributed by atoms with E-state index in [2.05, 4.69) is 157 Å². The predicted octanol–water partition coefficient (Wildman–Crippen LogP) is 7.13. The molecule has 0 aliphatic heterocycles. The summed E-state index contributed by atoms with van der Waals surface area (Å²) >= 11 is 0. The minimum absolute atomic E-state index is 0.934. The second-order valence-electron chi connectivity index (χ2n) is 9.09. The highest BCUT2D eigenvalue weighted by atomic mass is 33.1. The number of para-hydroxylation sites is 2. The number of pyridine rings is 1. The molecule has 0 atom stereocenters. The van der Waals surface area contributed by atoms with Gasteiger partial charge >= 0.3 is 0 Å². The molecular weight excluding hydrogens is 529 g/mol. The largest absolute Gasteiger partial charge is 0.384 e. The SMILES string of the molecule is C/C=C(\C=C/[NH2+]CC)/C=C/c1ccccc1NCCSSCCNc1ccccc1/C=C/c1cc[n+](CC)cc1. The molecule has 0 aliphatic carbocycles. The number of aromatic nitrogens is 1. The first-order valence-electron chi connectivity index (χ1n) is 14.1. The average Bonchev–Trinajstić information content (AvgIpc) is 3.00. The first-order valence-corrected chi connectivity index (χ1v) is 16.6. The van der Waals surface area contributed by atoms with E-state index in [1.54, 1.807) is 0 Å². The summed E-state index contributed by atoms with van der Waals surface area (Å²) in [5, 5.41) is 9.39. The lowest BCUT2D eigenvalue weighted by atomic mass is 10.1. The molecule has 6 heteroatoms. The van der Waals surface area contributed by atoms with E-state index in [4.69, 9.17) is 0 Å². The van der Waals surface area contributed by atoms with Crippen molar-refractivity contribution in [3.63, 3.8) is 0 Å². The number of nitrogens with two attached hydrogens (primary N) is 1. The first-order chi connectivity index (χ1) is 19.7. The lowest BCUT2D eigenvalue weighted by Gasteiger charge is -2.11. The van der Waals surface area contributed by atoms with Crippen LogP contribution in [0.3, 0.4) is 0 Å². The maximum Gasteiger partial charge on any atom is 0.169 e. The minimum Gasteiger partial charge on any atom is -0.384 e. The van der Waals surface area contributed by atoms with Crippen LogP contribution < -0.4 is 20.5 Å². The number of quaternary nitrogens is 1. The second-order valence-corrected chi connectivity index (χ2v) is 11.8. The summed E-state index contributed by atoms with van der Waals surface area (Å²) in [6.07, 6.45) is 19.4. The Kier molecular flexibility index (Phi) is 14.9. The van der Waals surface area contributed by atoms with Crippen LogP contribution in [-0.2, 0) is 6.54 Å². The van der Waals surface area contributed by atoms with Crippen molar-refractivity contribution in [2.24, 2.45) is 0 Å². The van der Waals surface area contributed by atoms with Crippen LogP contribution >= 0.6 is 21.6 Å². The Labute approximate surface area is 249 Å². The first kappa shape index (κ1) is 31.3. The van der Waals surface area contributed by atoms with E-state index in [0.717, 1.165) is 37.7 Å². The number of aryl methyl sites for hydroxylation is 1. The number of allylic oxidation sites excluding steroid dienone is 4. The van der Waals surface area contributed by atoms with Crippen molar-refractivity contribution in [3.05, 3.63) is 120 Å². The lowest BCUT2D eigenvalue weighted by Crippen LogP contribution is -2.77. The third-order valence-corrected chi connectivity index (χ3v) is 8.60. The molecule has 0 fully saturated rings. The van der Waals surface area contributed by atoms with Gasteiger partial charge in [-0.2, -0.15) is 0 Å². The van der Waals surface area contributed by atoms with E-state index < -0.39 is 0 Å². The third-order valence-electron chi connectivity index (χ3n) is 6.19. The zero-order valence-electron chi connectivity index (χ0n) is 24.1. The predicted molar refractivity (Wildman–Crippen MR) is 180 cm³/mol. The molecule has 3 rings (SSSR count). The fourth-order valence-corrected chi connectivity index (χ4v) is 5.72. The molecule has 210 valence electrons. The molecule has 0 unspecified atom stereocenters. The van der Waals surface area contributed by atoms with Gasteiger partial charge in [-0.25, -0.2) is 4.57 Å². The van der Waals surface area contributed by atoms with Crippen molar-refractivity contribution in [2.45, 2.75) is 27.3 Å². The summed E-state index contributed by atoms with van der Waals surface area (Å²) in [6, 6.07) is 21.3. The Balaban J connectivity index is 1.38. The van der Waals surface area contributed by atoms with Crippen LogP contribution in [0.25, 0.3) is 18.2 Å². The maximum atomic E-state index is 3.61. The van der Waals surface area contributed by atoms with E-state index >= 15 is 0 Å². The monoisotopic (exact) mass is 572 g/mol. The van der Waals surface area contributed by atoms with Crippen molar-refractivity contribution in [3.8, 4) is 0 Å². The van der Waals surface area contributed by atoms with Crippen LogP contribution in [0.5, 0.6) is 0 Å². The van der Waals surface area contributed by atoms with Crippen molar-refractivity contribution >= 4 is 51.2 Å². The number of rotatable bonds is 17. The Morgan fingerprint density at radius 3 is 1.95 bits per heavy atom. The Hall–Kier alpha value is -3.19. The molecule has 0 saturated carbocycles. The van der Waals surface area contributed by atoms with Crippen LogP contribution in [0.2, 0.25) is 0 Å². The van der Waals surface area contributed by atoms with Gasteiger partial charge in [0.05, 0.1) is 12.7 Å². The molecule has 0 radical (unpaired) electrons.